The Morgan fingerprint density at radius 1 is 1.06 bits per heavy atom. The number of aryl methyl sites for hydroxylation is 1. The Bertz CT molecular complexity index is 1130. The highest BCUT2D eigenvalue weighted by molar-refractivity contribution is 6.07. The molecule has 2 aliphatic rings. The summed E-state index contributed by atoms with van der Waals surface area (Å²) in [4.78, 5) is 30.3. The summed E-state index contributed by atoms with van der Waals surface area (Å²) >= 11 is 0. The van der Waals surface area contributed by atoms with Crippen LogP contribution in [0, 0.1) is 17.8 Å². The number of rotatable bonds is 9. The molecule has 7 heteroatoms. The zero-order chi connectivity index (χ0) is 25.5. The van der Waals surface area contributed by atoms with Crippen LogP contribution in [0.15, 0.2) is 48.5 Å². The molecular weight excluding hydrogens is 454 g/mol. The van der Waals surface area contributed by atoms with Gasteiger partial charge in [-0.15, -0.1) is 5.92 Å². The average molecular weight is 490 g/mol. The molecule has 7 nitrogen and oxygen atoms in total. The van der Waals surface area contributed by atoms with Crippen LogP contribution in [0.5, 0.6) is 11.5 Å². The quantitative estimate of drug-likeness (QED) is 0.428. The topological polar surface area (TPSA) is 71.1 Å². The highest BCUT2D eigenvalue weighted by atomic mass is 16.5. The van der Waals surface area contributed by atoms with Crippen LogP contribution in [-0.4, -0.2) is 61.1 Å². The molecule has 2 aromatic rings. The maximum Gasteiger partial charge on any atom is 0.325 e. The number of hydrogen-bond acceptors (Lipinski definition) is 5. The van der Waals surface area contributed by atoms with Crippen molar-refractivity contribution in [3.8, 4) is 23.3 Å². The molecule has 36 heavy (non-hydrogen) atoms. The number of carbonyl (C=O) groups is 2. The molecule has 190 valence electrons. The smallest absolute Gasteiger partial charge is 0.325 e. The van der Waals surface area contributed by atoms with Gasteiger partial charge in [0.1, 0.15) is 17.0 Å². The first kappa shape index (κ1) is 25.6. The number of benzene rings is 2. The maximum absolute atomic E-state index is 13.7. The molecule has 0 aliphatic carbocycles. The molecule has 3 amide bonds. The first-order valence-electron chi connectivity index (χ1n) is 12.5. The highest BCUT2D eigenvalue weighted by Gasteiger charge is 2.55. The van der Waals surface area contributed by atoms with Gasteiger partial charge < -0.3 is 14.8 Å². The second kappa shape index (κ2) is 11.5. The number of likely N-dealkylation sites (tertiary alicyclic amines) is 1. The summed E-state index contributed by atoms with van der Waals surface area (Å²) in [5, 5.41) is 3.13. The van der Waals surface area contributed by atoms with Crippen molar-refractivity contribution in [3.63, 3.8) is 0 Å². The number of nitrogens with one attached hydrogen (secondary N) is 1. The first-order valence-corrected chi connectivity index (χ1v) is 12.5. The lowest BCUT2D eigenvalue weighted by Gasteiger charge is -2.41. The molecule has 2 aromatic carbocycles. The van der Waals surface area contributed by atoms with E-state index in [9.17, 15) is 9.59 Å². The number of hydrogen-bond donors (Lipinski definition) is 1. The monoisotopic (exact) mass is 489 g/mol. The van der Waals surface area contributed by atoms with Crippen molar-refractivity contribution in [1.82, 2.24) is 15.1 Å². The normalized spacial score (nSPS) is 20.6. The van der Waals surface area contributed by atoms with E-state index in [0.717, 1.165) is 61.5 Å². The van der Waals surface area contributed by atoms with Crippen molar-refractivity contribution < 1.29 is 19.1 Å². The Hall–Kier alpha value is -3.50. The Morgan fingerprint density at radius 2 is 1.81 bits per heavy atom. The summed E-state index contributed by atoms with van der Waals surface area (Å²) in [5.74, 6) is 7.23. The number of nitrogens with zero attached hydrogens (tertiary/aromatic N) is 2. The van der Waals surface area contributed by atoms with E-state index in [4.69, 9.17) is 9.47 Å². The Morgan fingerprint density at radius 3 is 2.47 bits per heavy atom. The van der Waals surface area contributed by atoms with Crippen LogP contribution in [0.4, 0.5) is 4.79 Å². The molecule has 2 saturated heterocycles. The third kappa shape index (κ3) is 5.34. The van der Waals surface area contributed by atoms with Crippen LogP contribution in [0.2, 0.25) is 0 Å². The van der Waals surface area contributed by atoms with Gasteiger partial charge in [-0.2, -0.15) is 0 Å². The number of methoxy groups -OCH3 is 2. The number of ether oxygens (including phenoxy) is 2. The zero-order valence-corrected chi connectivity index (χ0v) is 21.4. The van der Waals surface area contributed by atoms with Gasteiger partial charge in [0.15, 0.2) is 0 Å². The lowest BCUT2D eigenvalue weighted by Crippen LogP contribution is -2.56. The summed E-state index contributed by atoms with van der Waals surface area (Å²) in [6, 6.07) is 15.6. The molecule has 2 fully saturated rings. The van der Waals surface area contributed by atoms with Gasteiger partial charge in [0.05, 0.1) is 20.8 Å². The van der Waals surface area contributed by atoms with Crippen LogP contribution in [0.1, 0.15) is 37.3 Å². The second-order valence-electron chi connectivity index (χ2n) is 9.43. The lowest BCUT2D eigenvalue weighted by atomic mass is 9.74. The minimum absolute atomic E-state index is 0.0562. The van der Waals surface area contributed by atoms with Crippen molar-refractivity contribution >= 4 is 11.9 Å². The third-order valence-electron chi connectivity index (χ3n) is 7.43. The predicted molar refractivity (Wildman–Crippen MR) is 139 cm³/mol. The second-order valence-corrected chi connectivity index (χ2v) is 9.43. The van der Waals surface area contributed by atoms with E-state index < -0.39 is 5.54 Å². The van der Waals surface area contributed by atoms with E-state index in [0.29, 0.717) is 6.42 Å². The summed E-state index contributed by atoms with van der Waals surface area (Å²) in [7, 11) is 3.34. The van der Waals surface area contributed by atoms with Crippen molar-refractivity contribution in [2.24, 2.45) is 5.92 Å². The van der Waals surface area contributed by atoms with Gasteiger partial charge in [0.25, 0.3) is 5.91 Å². The van der Waals surface area contributed by atoms with Gasteiger partial charge in [-0.05, 0) is 75.4 Å². The molecule has 0 radical (unpaired) electrons. The van der Waals surface area contributed by atoms with Crippen LogP contribution < -0.4 is 14.8 Å². The fraction of sp³-hybridized carbons (Fsp3) is 0.448. The van der Waals surface area contributed by atoms with Crippen molar-refractivity contribution in [1.29, 1.82) is 0 Å². The van der Waals surface area contributed by atoms with E-state index in [1.807, 2.05) is 36.4 Å². The molecule has 0 spiro atoms. The van der Waals surface area contributed by atoms with Gasteiger partial charge in [-0.25, -0.2) is 4.79 Å². The highest BCUT2D eigenvalue weighted by Crippen LogP contribution is 2.38. The number of urea groups is 1. The van der Waals surface area contributed by atoms with Crippen molar-refractivity contribution in [2.75, 3.05) is 33.9 Å². The molecule has 2 aliphatic heterocycles. The molecule has 2 heterocycles. The number of piperidine rings is 1. The van der Waals surface area contributed by atoms with Gasteiger partial charge in [-0.1, -0.05) is 36.3 Å². The SMILES string of the molecule is CC#CCN1C(=O)N[C@](CCc2ccccc2)(C2CCN(Cc3cc(OC)ccc3OC)CC2)C1=O. The Labute approximate surface area is 213 Å². The molecule has 0 unspecified atom stereocenters. The number of amides is 3. The van der Waals surface area contributed by atoms with Crippen LogP contribution in [0.25, 0.3) is 0 Å². The summed E-state index contributed by atoms with van der Waals surface area (Å²) < 4.78 is 11.0. The zero-order valence-electron chi connectivity index (χ0n) is 21.4. The van der Waals surface area contributed by atoms with Crippen LogP contribution in [0.3, 0.4) is 0 Å². The van der Waals surface area contributed by atoms with Crippen molar-refractivity contribution in [2.45, 2.75) is 44.7 Å². The van der Waals surface area contributed by atoms with Crippen LogP contribution in [-0.2, 0) is 17.8 Å². The molecule has 0 aromatic heterocycles. The van der Waals surface area contributed by atoms with Gasteiger partial charge in [0.2, 0.25) is 0 Å². The standard InChI is InChI=1S/C29H35N3O4/c1-4-5-17-32-27(33)29(30-28(32)34,16-13-22-9-7-6-8-10-22)24-14-18-31(19-15-24)21-23-20-25(35-2)11-12-26(23)36-3/h6-12,20,24H,13-19,21H2,1-3H3,(H,30,34)/t29-/m1/s1. The van der Waals surface area contributed by atoms with E-state index in [2.05, 4.69) is 34.2 Å². The molecule has 1 atom stereocenters. The molecule has 1 N–H and O–H groups in total. The van der Waals surface area contributed by atoms with E-state index in [-0.39, 0.29) is 24.4 Å². The minimum atomic E-state index is -0.901. The largest absolute Gasteiger partial charge is 0.497 e. The Balaban J connectivity index is 1.50. The van der Waals surface area contributed by atoms with E-state index >= 15 is 0 Å². The summed E-state index contributed by atoms with van der Waals surface area (Å²) in [5.41, 5.74) is 1.33. The van der Waals surface area contributed by atoms with E-state index in [1.54, 1.807) is 21.1 Å². The number of imide groups is 1. The first-order chi connectivity index (χ1) is 17.5. The fourth-order valence-electron chi connectivity index (χ4n) is 5.41. The van der Waals surface area contributed by atoms with E-state index in [1.165, 1.54) is 4.90 Å². The Kier molecular flexibility index (Phi) is 8.17. The average Bonchev–Trinajstić information content (AvgIpc) is 3.16. The minimum Gasteiger partial charge on any atom is -0.497 e. The molecule has 4 rings (SSSR count). The summed E-state index contributed by atoms with van der Waals surface area (Å²) in [6.07, 6.45) is 2.94. The fourth-order valence-corrected chi connectivity index (χ4v) is 5.41. The lowest BCUT2D eigenvalue weighted by molar-refractivity contribution is -0.134. The molecular formula is C29H35N3O4. The number of carbonyl (C=O) groups excluding carboxylic acids is 2. The summed E-state index contributed by atoms with van der Waals surface area (Å²) in [6.45, 7) is 4.24. The van der Waals surface area contributed by atoms with Gasteiger partial charge in [0, 0.05) is 12.1 Å². The third-order valence-corrected chi connectivity index (χ3v) is 7.43. The maximum atomic E-state index is 13.7. The molecule has 0 bridgehead atoms. The molecule has 0 saturated carbocycles. The van der Waals surface area contributed by atoms with Gasteiger partial charge >= 0.3 is 6.03 Å². The van der Waals surface area contributed by atoms with Crippen molar-refractivity contribution in [3.05, 3.63) is 59.7 Å². The van der Waals surface area contributed by atoms with Gasteiger partial charge in [-0.3, -0.25) is 14.6 Å². The van der Waals surface area contributed by atoms with Crippen LogP contribution >= 0.6 is 0 Å². The predicted octanol–water partition coefficient (Wildman–Crippen LogP) is 3.86.